The van der Waals surface area contributed by atoms with Crippen molar-refractivity contribution in [1.29, 1.82) is 0 Å². The maximum Gasteiger partial charge on any atom is 0.328 e. The molecule has 3 aromatic carbocycles. The van der Waals surface area contributed by atoms with Crippen LogP contribution in [-0.4, -0.2) is 106 Å². The number of rotatable bonds is 8. The van der Waals surface area contributed by atoms with Crippen molar-refractivity contribution in [3.05, 3.63) is 95.4 Å². The SMILES string of the molecule is Cc1cc(C(=O)N2CCC(F)(CN3CCC(n4ccc5c(F)c(N6CCC(=O)NC6=O)ccc54)CC3)CC2)ccc1[C@H]1CCCN(c2cc(-c3ccccc3O)nnc2N)C1. The highest BCUT2D eigenvalue weighted by molar-refractivity contribution is 6.06. The number of urea groups is 1. The number of anilines is 3. The van der Waals surface area contributed by atoms with Gasteiger partial charge in [-0.2, -0.15) is 0 Å². The van der Waals surface area contributed by atoms with E-state index in [9.17, 15) is 19.5 Å². The number of hydrogen-bond acceptors (Lipinski definition) is 9. The largest absolute Gasteiger partial charge is 0.507 e. The second-order valence-corrected chi connectivity index (χ2v) is 17.1. The molecule has 4 amide bonds. The number of nitrogen functional groups attached to an aromatic ring is 1. The number of para-hydroxylation sites is 1. The maximum absolute atomic E-state index is 16.4. The molecule has 5 aromatic rings. The average Bonchev–Trinajstić information content (AvgIpc) is 3.70. The number of likely N-dealkylation sites (tertiary alicyclic amines) is 2. The van der Waals surface area contributed by atoms with Crippen LogP contribution < -0.4 is 20.9 Å². The number of phenols is 1. The molecule has 2 aromatic heterocycles. The first-order valence-corrected chi connectivity index (χ1v) is 21.3. The number of carbonyl (C=O) groups is 3. The van der Waals surface area contributed by atoms with Gasteiger partial charge in [-0.15, -0.1) is 10.2 Å². The number of aromatic nitrogens is 3. The van der Waals surface area contributed by atoms with Crippen molar-refractivity contribution < 1.29 is 28.3 Å². The highest BCUT2D eigenvalue weighted by Crippen LogP contribution is 2.38. The maximum atomic E-state index is 16.4. The van der Waals surface area contributed by atoms with E-state index >= 15 is 8.78 Å². The van der Waals surface area contributed by atoms with Crippen LogP contribution in [0.3, 0.4) is 0 Å². The molecule has 0 unspecified atom stereocenters. The molecule has 4 aliphatic heterocycles. The number of halogens is 2. The first-order chi connectivity index (χ1) is 29.4. The molecule has 0 saturated carbocycles. The van der Waals surface area contributed by atoms with Gasteiger partial charge in [-0.05, 0) is 92.3 Å². The summed E-state index contributed by atoms with van der Waals surface area (Å²) in [5.41, 5.74) is 10.6. The van der Waals surface area contributed by atoms with Crippen LogP contribution in [0.2, 0.25) is 0 Å². The molecule has 4 aliphatic rings. The zero-order valence-electron chi connectivity index (χ0n) is 34.3. The van der Waals surface area contributed by atoms with Crippen molar-refractivity contribution in [2.45, 2.75) is 69.5 Å². The van der Waals surface area contributed by atoms with Crippen LogP contribution in [0.5, 0.6) is 5.75 Å². The van der Waals surface area contributed by atoms with Crippen molar-refractivity contribution in [2.24, 2.45) is 0 Å². The molecule has 0 bridgehead atoms. The Kier molecular flexibility index (Phi) is 10.8. The minimum atomic E-state index is -1.39. The molecule has 13 nitrogen and oxygen atoms in total. The first kappa shape index (κ1) is 40.3. The molecule has 4 fully saturated rings. The number of nitrogens with two attached hydrogens (primary N) is 1. The minimum Gasteiger partial charge on any atom is -0.507 e. The number of aryl methyl sites for hydroxylation is 1. The molecule has 0 spiro atoms. The minimum absolute atomic E-state index is 0.0769. The summed E-state index contributed by atoms with van der Waals surface area (Å²) in [5, 5.41) is 21.5. The van der Waals surface area contributed by atoms with Gasteiger partial charge >= 0.3 is 6.03 Å². The normalized spacial score (nSPS) is 20.3. The molecule has 61 heavy (non-hydrogen) atoms. The number of phenolic OH excluding ortho intramolecular Hbond substituents is 1. The van der Waals surface area contributed by atoms with E-state index in [0.717, 1.165) is 55.5 Å². The lowest BCUT2D eigenvalue weighted by Gasteiger charge is -2.41. The Balaban J connectivity index is 0.780. The van der Waals surface area contributed by atoms with Gasteiger partial charge in [0.2, 0.25) is 5.91 Å². The number of hydrogen-bond donors (Lipinski definition) is 3. The van der Waals surface area contributed by atoms with Crippen LogP contribution in [0, 0.1) is 12.7 Å². The van der Waals surface area contributed by atoms with Gasteiger partial charge in [0.25, 0.3) is 5.91 Å². The fourth-order valence-electron chi connectivity index (χ4n) is 9.90. The number of nitrogens with zero attached hydrogens (tertiary/aromatic N) is 7. The number of fused-ring (bicyclic) bond motifs is 1. The zero-order chi connectivity index (χ0) is 42.4. The number of aromatic hydroxyl groups is 1. The summed E-state index contributed by atoms with van der Waals surface area (Å²) in [7, 11) is 0. The van der Waals surface area contributed by atoms with E-state index in [1.165, 1.54) is 10.5 Å². The van der Waals surface area contributed by atoms with Crippen LogP contribution in [0.15, 0.2) is 72.9 Å². The molecule has 4 saturated heterocycles. The Hall–Kier alpha value is -6.09. The van der Waals surface area contributed by atoms with Gasteiger partial charge in [0, 0.05) is 106 Å². The van der Waals surface area contributed by atoms with E-state index in [4.69, 9.17) is 5.73 Å². The van der Waals surface area contributed by atoms with Crippen molar-refractivity contribution in [2.75, 3.05) is 67.9 Å². The summed E-state index contributed by atoms with van der Waals surface area (Å²) in [6, 6.07) is 19.5. The molecule has 6 heterocycles. The molecule has 4 N–H and O–H groups in total. The van der Waals surface area contributed by atoms with Gasteiger partial charge < -0.3 is 30.1 Å². The fraction of sp³-hybridized carbons (Fsp3) is 0.413. The summed E-state index contributed by atoms with van der Waals surface area (Å²) < 4.78 is 34.1. The average molecular weight is 832 g/mol. The highest BCUT2D eigenvalue weighted by atomic mass is 19.1. The van der Waals surface area contributed by atoms with Gasteiger partial charge in [-0.25, -0.2) is 13.6 Å². The molecule has 0 aliphatic carbocycles. The van der Waals surface area contributed by atoms with Crippen LogP contribution >= 0.6 is 0 Å². The fourth-order valence-corrected chi connectivity index (χ4v) is 9.90. The van der Waals surface area contributed by atoms with E-state index in [1.54, 1.807) is 35.2 Å². The third-order valence-electron chi connectivity index (χ3n) is 13.3. The van der Waals surface area contributed by atoms with E-state index in [2.05, 4.69) is 35.9 Å². The number of piperidine rings is 3. The lowest BCUT2D eigenvalue weighted by Crippen LogP contribution is -2.51. The van der Waals surface area contributed by atoms with E-state index in [0.29, 0.717) is 60.7 Å². The first-order valence-electron chi connectivity index (χ1n) is 21.3. The summed E-state index contributed by atoms with van der Waals surface area (Å²) in [6.07, 6.45) is 6.07. The molecule has 0 radical (unpaired) electrons. The Morgan fingerprint density at radius 3 is 2.48 bits per heavy atom. The smallest absolute Gasteiger partial charge is 0.328 e. The number of carbonyl (C=O) groups excluding carboxylic acids is 3. The molecular weight excluding hydrogens is 781 g/mol. The third-order valence-corrected chi connectivity index (χ3v) is 13.3. The van der Waals surface area contributed by atoms with Gasteiger partial charge in [-0.1, -0.05) is 18.2 Å². The molecular formula is C46H51F2N9O4. The zero-order valence-corrected chi connectivity index (χ0v) is 34.3. The number of benzene rings is 3. The van der Waals surface area contributed by atoms with E-state index < -0.39 is 17.5 Å². The number of amides is 4. The Morgan fingerprint density at radius 2 is 1.72 bits per heavy atom. The van der Waals surface area contributed by atoms with E-state index in [1.807, 2.05) is 43.5 Å². The molecule has 9 rings (SSSR count). The summed E-state index contributed by atoms with van der Waals surface area (Å²) >= 11 is 0. The topological polar surface area (TPSA) is 153 Å². The van der Waals surface area contributed by atoms with Crippen LogP contribution in [0.25, 0.3) is 22.2 Å². The summed E-state index contributed by atoms with van der Waals surface area (Å²) in [4.78, 5) is 45.2. The Labute approximate surface area is 353 Å². The highest BCUT2D eigenvalue weighted by Gasteiger charge is 2.39. The van der Waals surface area contributed by atoms with Gasteiger partial charge in [0.05, 0.1) is 22.6 Å². The van der Waals surface area contributed by atoms with Crippen LogP contribution in [0.4, 0.5) is 30.8 Å². The van der Waals surface area contributed by atoms with Gasteiger partial charge in [-0.3, -0.25) is 19.8 Å². The van der Waals surface area contributed by atoms with Crippen molar-refractivity contribution in [1.82, 2.24) is 29.9 Å². The van der Waals surface area contributed by atoms with Crippen molar-refractivity contribution >= 4 is 45.9 Å². The van der Waals surface area contributed by atoms with Crippen molar-refractivity contribution in [3.63, 3.8) is 0 Å². The lowest BCUT2D eigenvalue weighted by atomic mass is 9.86. The predicted octanol–water partition coefficient (Wildman–Crippen LogP) is 6.95. The monoisotopic (exact) mass is 831 g/mol. The molecule has 15 heteroatoms. The Bertz CT molecular complexity index is 2490. The van der Waals surface area contributed by atoms with Crippen LogP contribution in [-0.2, 0) is 4.79 Å². The van der Waals surface area contributed by atoms with Gasteiger partial charge in [0.1, 0.15) is 11.4 Å². The number of nitrogens with one attached hydrogen (secondary N) is 1. The third kappa shape index (κ3) is 7.98. The predicted molar refractivity (Wildman–Crippen MR) is 230 cm³/mol. The quantitative estimate of drug-likeness (QED) is 0.151. The Morgan fingerprint density at radius 1 is 0.934 bits per heavy atom. The second kappa shape index (κ2) is 16.4. The molecule has 318 valence electrons. The van der Waals surface area contributed by atoms with Gasteiger partial charge in [0.15, 0.2) is 11.6 Å². The van der Waals surface area contributed by atoms with E-state index in [-0.39, 0.29) is 61.0 Å². The number of alkyl halides is 1. The summed E-state index contributed by atoms with van der Waals surface area (Å²) in [6.45, 7) is 6.15. The van der Waals surface area contributed by atoms with Crippen molar-refractivity contribution in [3.8, 4) is 17.0 Å². The van der Waals surface area contributed by atoms with Crippen LogP contribution in [0.1, 0.15) is 78.4 Å². The lowest BCUT2D eigenvalue weighted by molar-refractivity contribution is -0.120. The summed E-state index contributed by atoms with van der Waals surface area (Å²) in [5.74, 6) is -0.250. The standard InChI is InChI=1S/C46H51F2N9O4/c1-29-25-30(8-9-33(29)31-5-4-18-55(27-31)39-26-36(51-52-43(39)49)34-6-2-3-7-40(34)58)44(60)54-23-16-46(48,17-24-54)28-53-19-12-32(13-20-53)56-21-14-35-37(56)10-11-38(42(35)47)57-22-15-41(59)50-45(57)61/h2-3,6-11,14,21,25-26,31-32,58H,4-5,12-13,15-20,22-24,27-28H2,1H3,(H2,49,52)(H,50,59,61)/t31-/m0/s1. The number of imide groups is 1. The second-order valence-electron chi connectivity index (χ2n) is 17.1. The molecule has 1 atom stereocenters.